The van der Waals surface area contributed by atoms with E-state index in [-0.39, 0.29) is 0 Å². The number of rotatable bonds is 3. The maximum atomic E-state index is 4.89. The molecule has 2 aromatic rings. The molecule has 1 aliphatic rings. The Hall–Kier alpha value is -2.80. The van der Waals surface area contributed by atoms with Gasteiger partial charge in [-0.2, -0.15) is 0 Å². The molecule has 106 valence electrons. The van der Waals surface area contributed by atoms with Gasteiger partial charge < -0.3 is 4.74 Å². The molecule has 0 spiro atoms. The molecule has 2 aromatic carbocycles. The summed E-state index contributed by atoms with van der Waals surface area (Å²) in [6.07, 6.45) is 6.86. The lowest BCUT2D eigenvalue weighted by Crippen LogP contribution is -1.68. The minimum atomic E-state index is 0.996. The van der Waals surface area contributed by atoms with Gasteiger partial charge in [-0.1, -0.05) is 98.6 Å². The van der Waals surface area contributed by atoms with Gasteiger partial charge in [0.1, 0.15) is 6.26 Å². The fraction of sp³-hybridized carbons (Fsp3) is 0. The highest BCUT2D eigenvalue weighted by molar-refractivity contribution is 5.66. The minimum absolute atomic E-state index is 0.996. The summed E-state index contributed by atoms with van der Waals surface area (Å²) < 4.78 is 4.89. The summed E-state index contributed by atoms with van der Waals surface area (Å²) in [4.78, 5) is 0. The lowest BCUT2D eigenvalue weighted by molar-refractivity contribution is 0.563. The van der Waals surface area contributed by atoms with Crippen molar-refractivity contribution in [3.8, 4) is 0 Å². The van der Waals surface area contributed by atoms with Crippen molar-refractivity contribution in [1.29, 1.82) is 0 Å². The van der Waals surface area contributed by atoms with Crippen molar-refractivity contribution in [2.75, 3.05) is 0 Å². The molecule has 0 saturated heterocycles. The van der Waals surface area contributed by atoms with E-state index in [4.69, 9.17) is 4.74 Å². The molecular formula is C20H20O. The van der Waals surface area contributed by atoms with Crippen molar-refractivity contribution in [3.63, 3.8) is 0 Å². The highest BCUT2D eigenvalue weighted by atomic mass is 16.5. The highest BCUT2D eigenvalue weighted by Crippen LogP contribution is 2.25. The number of hydrogen-bond acceptors (Lipinski definition) is 1. The second-order valence-corrected chi connectivity index (χ2v) is 4.05. The normalized spacial score (nSPS) is 10.2. The number of ether oxygens (including phenoxy) is 1. The van der Waals surface area contributed by atoms with E-state index in [0.29, 0.717) is 0 Å². The fourth-order valence-corrected chi connectivity index (χ4v) is 1.36. The fourth-order valence-electron chi connectivity index (χ4n) is 1.36. The molecule has 1 heteroatoms. The van der Waals surface area contributed by atoms with Crippen molar-refractivity contribution >= 4 is 11.8 Å². The molecule has 0 aliphatic carbocycles. The molecule has 1 nitrogen and oxygen atoms in total. The number of benzene rings is 2. The molecule has 21 heavy (non-hydrogen) atoms. The second-order valence-electron chi connectivity index (χ2n) is 4.05. The summed E-state index contributed by atoms with van der Waals surface area (Å²) >= 11 is 0. The molecule has 0 radical (unpaired) electrons. The van der Waals surface area contributed by atoms with Gasteiger partial charge in [-0.15, -0.1) is 0 Å². The first-order valence-electron chi connectivity index (χ1n) is 6.65. The summed E-state index contributed by atoms with van der Waals surface area (Å²) in [6.45, 7) is 10.4. The molecule has 0 fully saturated rings. The van der Waals surface area contributed by atoms with E-state index in [0.717, 1.165) is 11.3 Å². The molecule has 1 heterocycles. The average Bonchev–Trinajstić information content (AvgIpc) is 3.42. The largest absolute Gasteiger partial charge is 0.457 e. The Kier molecular flexibility index (Phi) is 7.77. The quantitative estimate of drug-likeness (QED) is 0.655. The molecular weight excluding hydrogens is 256 g/mol. The third-order valence-corrected chi connectivity index (χ3v) is 2.50. The number of allylic oxidation sites excluding steroid dienone is 2. The molecule has 0 aromatic heterocycles. The van der Waals surface area contributed by atoms with Crippen LogP contribution in [0.2, 0.25) is 0 Å². The van der Waals surface area contributed by atoms with Crippen LogP contribution in [-0.4, -0.2) is 0 Å². The Bertz CT molecular complexity index is 574. The topological polar surface area (TPSA) is 12.5 Å². The zero-order valence-electron chi connectivity index (χ0n) is 12.1. The van der Waals surface area contributed by atoms with Crippen LogP contribution in [0.5, 0.6) is 0 Å². The maximum Gasteiger partial charge on any atom is 0.168 e. The standard InChI is InChI=1S/C8H6O.C8H8.C4H6/c1-2-4-7(5-3-1)8-6-9-8;1-2-8-6-4-3-5-7-8;1-3-4-2/h1-6H;2-7H,1H2;3-4H,1-2H2. The van der Waals surface area contributed by atoms with Crippen LogP contribution in [0.25, 0.3) is 11.8 Å². The van der Waals surface area contributed by atoms with Crippen LogP contribution >= 0.6 is 0 Å². The van der Waals surface area contributed by atoms with Crippen LogP contribution in [-0.2, 0) is 4.74 Å². The highest BCUT2D eigenvalue weighted by Gasteiger charge is 2.10. The Balaban J connectivity index is 0.000000171. The molecule has 0 N–H and O–H groups in total. The van der Waals surface area contributed by atoms with Gasteiger partial charge in [0, 0.05) is 5.56 Å². The summed E-state index contributed by atoms with van der Waals surface area (Å²) in [5.41, 5.74) is 2.34. The summed E-state index contributed by atoms with van der Waals surface area (Å²) in [5.74, 6) is 0.996. The predicted octanol–water partition coefficient (Wildman–Crippen LogP) is 5.70. The third kappa shape index (κ3) is 7.38. The molecule has 0 atom stereocenters. The van der Waals surface area contributed by atoms with Gasteiger partial charge in [0.2, 0.25) is 0 Å². The minimum Gasteiger partial charge on any atom is -0.457 e. The lowest BCUT2D eigenvalue weighted by atomic mass is 10.2. The molecule has 0 bridgehead atoms. The Morgan fingerprint density at radius 1 is 0.714 bits per heavy atom. The van der Waals surface area contributed by atoms with Crippen molar-refractivity contribution in [3.05, 3.63) is 110 Å². The van der Waals surface area contributed by atoms with Crippen LogP contribution in [0.3, 0.4) is 0 Å². The van der Waals surface area contributed by atoms with Crippen molar-refractivity contribution in [2.45, 2.75) is 0 Å². The zero-order valence-corrected chi connectivity index (χ0v) is 12.1. The van der Waals surface area contributed by atoms with Crippen LogP contribution < -0.4 is 0 Å². The number of hydrogen-bond donors (Lipinski definition) is 0. The Labute approximate surface area is 127 Å². The van der Waals surface area contributed by atoms with E-state index in [1.807, 2.05) is 66.7 Å². The van der Waals surface area contributed by atoms with Gasteiger partial charge in [0.15, 0.2) is 5.76 Å². The van der Waals surface area contributed by atoms with Crippen molar-refractivity contribution in [2.24, 2.45) is 0 Å². The van der Waals surface area contributed by atoms with Gasteiger partial charge in [-0.05, 0) is 5.56 Å². The van der Waals surface area contributed by atoms with E-state index in [1.165, 1.54) is 5.56 Å². The van der Waals surface area contributed by atoms with Crippen LogP contribution in [0.1, 0.15) is 11.1 Å². The molecule has 0 saturated carbocycles. The van der Waals surface area contributed by atoms with E-state index in [9.17, 15) is 0 Å². The van der Waals surface area contributed by atoms with Gasteiger partial charge in [-0.25, -0.2) is 0 Å². The van der Waals surface area contributed by atoms with Gasteiger partial charge in [0.05, 0.1) is 0 Å². The van der Waals surface area contributed by atoms with Crippen molar-refractivity contribution in [1.82, 2.24) is 0 Å². The monoisotopic (exact) mass is 276 g/mol. The first-order chi connectivity index (χ1) is 10.3. The molecule has 3 rings (SSSR count). The average molecular weight is 276 g/mol. The van der Waals surface area contributed by atoms with E-state index in [1.54, 1.807) is 18.4 Å². The first kappa shape index (κ1) is 16.3. The van der Waals surface area contributed by atoms with Gasteiger partial charge in [0.25, 0.3) is 0 Å². The second kappa shape index (κ2) is 10.0. The first-order valence-corrected chi connectivity index (χ1v) is 6.65. The Morgan fingerprint density at radius 3 is 1.52 bits per heavy atom. The Morgan fingerprint density at radius 2 is 1.19 bits per heavy atom. The van der Waals surface area contributed by atoms with E-state index in [2.05, 4.69) is 19.7 Å². The maximum absolute atomic E-state index is 4.89. The SMILES string of the molecule is C1=C(c2ccccc2)O1.C=CC=C.C=Cc1ccccc1. The van der Waals surface area contributed by atoms with Gasteiger partial charge >= 0.3 is 0 Å². The van der Waals surface area contributed by atoms with Crippen LogP contribution in [0.15, 0.2) is 98.8 Å². The molecule has 0 unspecified atom stereocenters. The third-order valence-electron chi connectivity index (χ3n) is 2.50. The zero-order chi connectivity index (χ0) is 15.3. The summed E-state index contributed by atoms with van der Waals surface area (Å²) in [7, 11) is 0. The van der Waals surface area contributed by atoms with E-state index >= 15 is 0 Å². The van der Waals surface area contributed by atoms with Crippen LogP contribution in [0, 0.1) is 0 Å². The smallest absolute Gasteiger partial charge is 0.168 e. The molecule has 1 aliphatic heterocycles. The van der Waals surface area contributed by atoms with Crippen LogP contribution in [0.4, 0.5) is 0 Å². The summed E-state index contributed by atoms with van der Waals surface area (Å²) in [6, 6.07) is 20.1. The lowest BCUT2D eigenvalue weighted by Gasteiger charge is -1.86. The van der Waals surface area contributed by atoms with Gasteiger partial charge in [-0.3, -0.25) is 0 Å². The molecule has 0 amide bonds. The summed E-state index contributed by atoms with van der Waals surface area (Å²) in [5, 5.41) is 0. The predicted molar refractivity (Wildman–Crippen MR) is 92.4 cm³/mol. The van der Waals surface area contributed by atoms with E-state index < -0.39 is 0 Å². The van der Waals surface area contributed by atoms with Crippen molar-refractivity contribution < 1.29 is 4.74 Å².